The van der Waals surface area contributed by atoms with Crippen molar-refractivity contribution in [2.24, 2.45) is 17.3 Å². The van der Waals surface area contributed by atoms with Gasteiger partial charge < -0.3 is 10.0 Å². The maximum atomic E-state index is 11.0. The highest BCUT2D eigenvalue weighted by Gasteiger charge is 2.61. The van der Waals surface area contributed by atoms with Crippen LogP contribution in [0.2, 0.25) is 0 Å². The molecule has 2 atom stereocenters. The standard InChI is InChI=1S/C12H21NO2/c1-12(2)9(10(12)11(14)15)5-8-13-6-3-4-7-13/h9-10H,3-8H2,1-2H3,(H,14,15)/t9-,10+/m0/s1. The number of hydrogen-bond donors (Lipinski definition) is 1. The van der Waals surface area contributed by atoms with E-state index in [9.17, 15) is 4.79 Å². The van der Waals surface area contributed by atoms with Crippen LogP contribution in [-0.2, 0) is 4.79 Å². The van der Waals surface area contributed by atoms with Crippen molar-refractivity contribution in [3.8, 4) is 0 Å². The zero-order valence-corrected chi connectivity index (χ0v) is 9.70. The number of hydrogen-bond acceptors (Lipinski definition) is 2. The van der Waals surface area contributed by atoms with E-state index in [0.717, 1.165) is 13.0 Å². The van der Waals surface area contributed by atoms with Crippen LogP contribution in [0, 0.1) is 17.3 Å². The molecule has 0 amide bonds. The van der Waals surface area contributed by atoms with Crippen LogP contribution in [-0.4, -0.2) is 35.6 Å². The maximum absolute atomic E-state index is 11.0. The Labute approximate surface area is 91.5 Å². The normalized spacial score (nSPS) is 34.3. The summed E-state index contributed by atoms with van der Waals surface area (Å²) in [6.07, 6.45) is 3.69. The lowest BCUT2D eigenvalue weighted by molar-refractivity contribution is -0.139. The summed E-state index contributed by atoms with van der Waals surface area (Å²) in [5, 5.41) is 9.04. The van der Waals surface area contributed by atoms with E-state index >= 15 is 0 Å². The average molecular weight is 211 g/mol. The van der Waals surface area contributed by atoms with Crippen molar-refractivity contribution in [3.63, 3.8) is 0 Å². The smallest absolute Gasteiger partial charge is 0.307 e. The molecule has 1 aliphatic carbocycles. The molecule has 1 saturated carbocycles. The molecule has 0 unspecified atom stereocenters. The quantitative estimate of drug-likeness (QED) is 0.771. The number of rotatable bonds is 4. The van der Waals surface area contributed by atoms with E-state index in [4.69, 9.17) is 5.11 Å². The van der Waals surface area contributed by atoms with Crippen molar-refractivity contribution >= 4 is 5.97 Å². The molecule has 0 aromatic carbocycles. The van der Waals surface area contributed by atoms with Crippen LogP contribution >= 0.6 is 0 Å². The zero-order chi connectivity index (χ0) is 11.1. The molecule has 2 aliphatic rings. The van der Waals surface area contributed by atoms with Gasteiger partial charge in [0.15, 0.2) is 0 Å². The summed E-state index contributed by atoms with van der Waals surface area (Å²) in [6.45, 7) is 7.69. The Morgan fingerprint density at radius 1 is 1.40 bits per heavy atom. The summed E-state index contributed by atoms with van der Waals surface area (Å²) in [4.78, 5) is 13.4. The number of nitrogens with zero attached hydrogens (tertiary/aromatic N) is 1. The van der Waals surface area contributed by atoms with Crippen LogP contribution in [0.1, 0.15) is 33.1 Å². The van der Waals surface area contributed by atoms with Crippen molar-refractivity contribution in [3.05, 3.63) is 0 Å². The Balaban J connectivity index is 1.78. The van der Waals surface area contributed by atoms with E-state index in [-0.39, 0.29) is 11.3 Å². The molecule has 86 valence electrons. The van der Waals surface area contributed by atoms with Crippen molar-refractivity contribution < 1.29 is 9.90 Å². The first-order valence-electron chi connectivity index (χ1n) is 5.98. The fourth-order valence-corrected chi connectivity index (χ4v) is 3.10. The van der Waals surface area contributed by atoms with E-state index in [2.05, 4.69) is 18.7 Å². The third-order valence-electron chi connectivity index (χ3n) is 4.27. The van der Waals surface area contributed by atoms with Gasteiger partial charge in [-0.3, -0.25) is 4.79 Å². The lowest BCUT2D eigenvalue weighted by atomic mass is 10.1. The van der Waals surface area contributed by atoms with Crippen LogP contribution < -0.4 is 0 Å². The molecular weight excluding hydrogens is 190 g/mol. The summed E-state index contributed by atoms with van der Waals surface area (Å²) in [5.41, 5.74) is 0.0333. The topological polar surface area (TPSA) is 40.5 Å². The molecule has 1 heterocycles. The Bertz CT molecular complexity index is 256. The van der Waals surface area contributed by atoms with Crippen LogP contribution in [0.5, 0.6) is 0 Å². The Morgan fingerprint density at radius 3 is 2.47 bits per heavy atom. The van der Waals surface area contributed by atoms with Crippen LogP contribution in [0.25, 0.3) is 0 Å². The SMILES string of the molecule is CC1(C)[C@@H](CCN2CCCC2)[C@@H]1C(=O)O. The van der Waals surface area contributed by atoms with Gasteiger partial charge in [0, 0.05) is 0 Å². The molecule has 1 N–H and O–H groups in total. The second-order valence-electron chi connectivity index (χ2n) is 5.58. The van der Waals surface area contributed by atoms with E-state index in [0.29, 0.717) is 5.92 Å². The zero-order valence-electron chi connectivity index (χ0n) is 9.70. The lowest BCUT2D eigenvalue weighted by Gasteiger charge is -2.14. The van der Waals surface area contributed by atoms with Gasteiger partial charge in [-0.1, -0.05) is 13.8 Å². The minimum atomic E-state index is -0.605. The minimum Gasteiger partial charge on any atom is -0.481 e. The second kappa shape index (κ2) is 3.78. The van der Waals surface area contributed by atoms with Gasteiger partial charge >= 0.3 is 5.97 Å². The second-order valence-corrected chi connectivity index (χ2v) is 5.58. The van der Waals surface area contributed by atoms with Gasteiger partial charge in [0.1, 0.15) is 0 Å². The molecule has 3 heteroatoms. The number of aliphatic carboxylic acids is 1. The van der Waals surface area contributed by atoms with Gasteiger partial charge in [0.05, 0.1) is 5.92 Å². The Morgan fingerprint density at radius 2 is 2.00 bits per heavy atom. The van der Waals surface area contributed by atoms with Gasteiger partial charge in [-0.05, 0) is 50.2 Å². The number of carboxylic acid groups (broad SMARTS) is 1. The minimum absolute atomic E-state index is 0.0333. The molecule has 0 spiro atoms. The molecule has 2 fully saturated rings. The van der Waals surface area contributed by atoms with Crippen molar-refractivity contribution in [2.45, 2.75) is 33.1 Å². The van der Waals surface area contributed by atoms with E-state index in [1.807, 2.05) is 0 Å². The first-order valence-corrected chi connectivity index (χ1v) is 5.98. The lowest BCUT2D eigenvalue weighted by Crippen LogP contribution is -2.21. The first kappa shape index (κ1) is 10.9. The van der Waals surface area contributed by atoms with Crippen molar-refractivity contribution in [2.75, 3.05) is 19.6 Å². The third-order valence-corrected chi connectivity index (χ3v) is 4.27. The van der Waals surface area contributed by atoms with E-state index in [1.54, 1.807) is 0 Å². The summed E-state index contributed by atoms with van der Waals surface area (Å²) in [5.74, 6) is -0.304. The van der Waals surface area contributed by atoms with Crippen molar-refractivity contribution in [1.29, 1.82) is 0 Å². The first-order chi connectivity index (χ1) is 7.03. The monoisotopic (exact) mass is 211 g/mol. The van der Waals surface area contributed by atoms with Crippen LogP contribution in [0.15, 0.2) is 0 Å². The van der Waals surface area contributed by atoms with Gasteiger partial charge in [-0.15, -0.1) is 0 Å². The Hall–Kier alpha value is -0.570. The number of carboxylic acids is 1. The highest BCUT2D eigenvalue weighted by molar-refractivity contribution is 5.75. The Kier molecular flexibility index (Phi) is 2.75. The van der Waals surface area contributed by atoms with Gasteiger partial charge in [-0.2, -0.15) is 0 Å². The summed E-state index contributed by atoms with van der Waals surface area (Å²) in [7, 11) is 0. The maximum Gasteiger partial charge on any atom is 0.307 e. The van der Waals surface area contributed by atoms with Gasteiger partial charge in [0.25, 0.3) is 0 Å². The summed E-state index contributed by atoms with van der Waals surface area (Å²) >= 11 is 0. The molecule has 1 aliphatic heterocycles. The molecule has 0 aromatic heterocycles. The van der Waals surface area contributed by atoms with Gasteiger partial charge in [0.2, 0.25) is 0 Å². The largest absolute Gasteiger partial charge is 0.481 e. The molecule has 0 bridgehead atoms. The molecular formula is C12H21NO2. The summed E-state index contributed by atoms with van der Waals surface area (Å²) in [6, 6.07) is 0. The predicted molar refractivity (Wildman–Crippen MR) is 58.7 cm³/mol. The molecule has 3 nitrogen and oxygen atoms in total. The predicted octanol–water partition coefficient (Wildman–Crippen LogP) is 1.83. The summed E-state index contributed by atoms with van der Waals surface area (Å²) < 4.78 is 0. The average Bonchev–Trinajstić information content (AvgIpc) is 2.55. The molecule has 0 radical (unpaired) electrons. The molecule has 2 rings (SSSR count). The van der Waals surface area contributed by atoms with E-state index < -0.39 is 5.97 Å². The molecule has 15 heavy (non-hydrogen) atoms. The third kappa shape index (κ3) is 2.03. The van der Waals surface area contributed by atoms with Crippen LogP contribution in [0.3, 0.4) is 0 Å². The fourth-order valence-electron chi connectivity index (χ4n) is 3.10. The number of carbonyl (C=O) groups is 1. The number of likely N-dealkylation sites (tertiary alicyclic amines) is 1. The molecule has 0 aromatic rings. The van der Waals surface area contributed by atoms with Crippen molar-refractivity contribution in [1.82, 2.24) is 4.90 Å². The molecule has 1 saturated heterocycles. The van der Waals surface area contributed by atoms with Gasteiger partial charge in [-0.25, -0.2) is 0 Å². The highest BCUT2D eigenvalue weighted by Crippen LogP contribution is 2.60. The van der Waals surface area contributed by atoms with Crippen LogP contribution in [0.4, 0.5) is 0 Å². The fraction of sp³-hybridized carbons (Fsp3) is 0.917. The highest BCUT2D eigenvalue weighted by atomic mass is 16.4. The van der Waals surface area contributed by atoms with E-state index in [1.165, 1.54) is 25.9 Å².